The van der Waals surface area contributed by atoms with Crippen molar-refractivity contribution in [3.63, 3.8) is 0 Å². The number of amides is 1. The van der Waals surface area contributed by atoms with Crippen LogP contribution in [0.25, 0.3) is 5.69 Å². The average Bonchev–Trinajstić information content (AvgIpc) is 2.83. The Labute approximate surface area is 135 Å². The van der Waals surface area contributed by atoms with Crippen molar-refractivity contribution in [2.45, 2.75) is 19.9 Å². The number of carbonyl (C=O) groups excluding carboxylic acids is 1. The predicted molar refractivity (Wildman–Crippen MR) is 87.4 cm³/mol. The highest BCUT2D eigenvalue weighted by Crippen LogP contribution is 2.30. The number of hydrogen-bond acceptors (Lipinski definition) is 4. The molecule has 0 unspecified atom stereocenters. The molecule has 1 fully saturated rings. The number of primary amides is 1. The topological polar surface area (TPSA) is 73.4 Å². The number of aromatic nitrogens is 2. The van der Waals surface area contributed by atoms with Crippen LogP contribution >= 0.6 is 0 Å². The highest BCUT2D eigenvalue weighted by atomic mass is 16.5. The number of morpholine rings is 1. The van der Waals surface area contributed by atoms with Crippen LogP contribution in [-0.2, 0) is 9.53 Å². The summed E-state index contributed by atoms with van der Waals surface area (Å²) in [4.78, 5) is 13.4. The van der Waals surface area contributed by atoms with Crippen LogP contribution in [0.3, 0.4) is 0 Å². The molecule has 1 aromatic carbocycles. The van der Waals surface area contributed by atoms with Crippen LogP contribution in [0.5, 0.6) is 0 Å². The number of carbonyl (C=O) groups is 1. The van der Waals surface area contributed by atoms with E-state index in [2.05, 4.69) is 16.9 Å². The lowest BCUT2D eigenvalue weighted by atomic mass is 10.0. The van der Waals surface area contributed by atoms with E-state index in [-0.39, 0.29) is 18.5 Å². The lowest BCUT2D eigenvalue weighted by Crippen LogP contribution is -2.44. The van der Waals surface area contributed by atoms with Gasteiger partial charge in [0.1, 0.15) is 0 Å². The standard InChI is InChI=1S/C17H22N4O2/c1-12-17(15-11-23-9-8-20(15)10-16(18)22)13(2)21(19-12)14-6-4-3-5-7-14/h3-7,15H,8-11H2,1-2H3,(H2,18,22)/t15-/m1/s1. The predicted octanol–water partition coefficient (Wildman–Crippen LogP) is 1.35. The Morgan fingerprint density at radius 3 is 2.78 bits per heavy atom. The molecule has 1 atom stereocenters. The van der Waals surface area contributed by atoms with Crippen LogP contribution in [0.2, 0.25) is 0 Å². The number of benzene rings is 1. The maximum absolute atomic E-state index is 11.4. The van der Waals surface area contributed by atoms with Gasteiger partial charge in [0, 0.05) is 17.8 Å². The first-order valence-corrected chi connectivity index (χ1v) is 7.79. The summed E-state index contributed by atoms with van der Waals surface area (Å²) in [5, 5.41) is 4.69. The number of ether oxygens (including phenoxy) is 1. The minimum absolute atomic E-state index is 0.00807. The Kier molecular flexibility index (Phi) is 4.45. The molecule has 2 aromatic rings. The molecule has 1 aromatic heterocycles. The molecule has 1 amide bonds. The molecule has 1 aliphatic heterocycles. The second-order valence-corrected chi connectivity index (χ2v) is 5.86. The molecule has 0 spiro atoms. The number of rotatable bonds is 4. The summed E-state index contributed by atoms with van der Waals surface area (Å²) in [6.45, 7) is 6.16. The zero-order valence-electron chi connectivity index (χ0n) is 13.5. The van der Waals surface area contributed by atoms with Crippen molar-refractivity contribution < 1.29 is 9.53 Å². The van der Waals surface area contributed by atoms with Gasteiger partial charge in [-0.3, -0.25) is 9.69 Å². The molecular formula is C17H22N4O2. The van der Waals surface area contributed by atoms with Gasteiger partial charge in [-0.1, -0.05) is 18.2 Å². The number of para-hydroxylation sites is 1. The molecule has 6 nitrogen and oxygen atoms in total. The minimum Gasteiger partial charge on any atom is -0.378 e. The average molecular weight is 314 g/mol. The number of nitrogens with two attached hydrogens (primary N) is 1. The van der Waals surface area contributed by atoms with Gasteiger partial charge < -0.3 is 10.5 Å². The van der Waals surface area contributed by atoms with Gasteiger partial charge in [0.25, 0.3) is 0 Å². The van der Waals surface area contributed by atoms with Gasteiger partial charge in [-0.05, 0) is 26.0 Å². The van der Waals surface area contributed by atoms with Crippen molar-refractivity contribution in [1.29, 1.82) is 0 Å². The fourth-order valence-electron chi connectivity index (χ4n) is 3.25. The first-order chi connectivity index (χ1) is 11.1. The van der Waals surface area contributed by atoms with Crippen molar-refractivity contribution in [3.05, 3.63) is 47.3 Å². The molecule has 122 valence electrons. The zero-order valence-corrected chi connectivity index (χ0v) is 13.5. The van der Waals surface area contributed by atoms with Crippen molar-refractivity contribution in [1.82, 2.24) is 14.7 Å². The summed E-state index contributed by atoms with van der Waals surface area (Å²) in [7, 11) is 0. The highest BCUT2D eigenvalue weighted by molar-refractivity contribution is 5.76. The summed E-state index contributed by atoms with van der Waals surface area (Å²) in [5.74, 6) is -0.317. The van der Waals surface area contributed by atoms with Crippen LogP contribution < -0.4 is 5.73 Å². The van der Waals surface area contributed by atoms with Crippen LogP contribution in [0.15, 0.2) is 30.3 Å². The van der Waals surface area contributed by atoms with Gasteiger partial charge in [0.05, 0.1) is 37.2 Å². The van der Waals surface area contributed by atoms with Crippen molar-refractivity contribution in [3.8, 4) is 5.69 Å². The Bertz CT molecular complexity index is 696. The molecule has 0 saturated carbocycles. The van der Waals surface area contributed by atoms with Crippen LogP contribution in [0.4, 0.5) is 0 Å². The number of hydrogen-bond donors (Lipinski definition) is 1. The van der Waals surface area contributed by atoms with Gasteiger partial charge in [-0.2, -0.15) is 5.10 Å². The van der Waals surface area contributed by atoms with E-state index in [1.54, 1.807) is 0 Å². The van der Waals surface area contributed by atoms with Crippen molar-refractivity contribution >= 4 is 5.91 Å². The van der Waals surface area contributed by atoms with E-state index in [1.807, 2.05) is 41.9 Å². The fourth-order valence-corrected chi connectivity index (χ4v) is 3.25. The van der Waals surface area contributed by atoms with Crippen LogP contribution in [0, 0.1) is 13.8 Å². The zero-order chi connectivity index (χ0) is 16.4. The molecule has 0 aliphatic carbocycles. The maximum Gasteiger partial charge on any atom is 0.231 e. The normalized spacial score (nSPS) is 19.0. The van der Waals surface area contributed by atoms with Crippen LogP contribution in [-0.4, -0.2) is 46.9 Å². The van der Waals surface area contributed by atoms with E-state index >= 15 is 0 Å². The van der Waals surface area contributed by atoms with E-state index < -0.39 is 0 Å². The summed E-state index contributed by atoms with van der Waals surface area (Å²) < 4.78 is 7.59. The van der Waals surface area contributed by atoms with Gasteiger partial charge in [0.2, 0.25) is 5.91 Å². The van der Waals surface area contributed by atoms with E-state index in [0.29, 0.717) is 19.8 Å². The molecule has 0 bridgehead atoms. The van der Waals surface area contributed by atoms with Gasteiger partial charge in [-0.15, -0.1) is 0 Å². The molecule has 6 heteroatoms. The summed E-state index contributed by atoms with van der Waals surface area (Å²) in [6, 6.07) is 10.0. The van der Waals surface area contributed by atoms with E-state index in [0.717, 1.165) is 22.6 Å². The third-order valence-corrected chi connectivity index (χ3v) is 4.28. The molecule has 2 N–H and O–H groups in total. The molecule has 0 radical (unpaired) electrons. The van der Waals surface area contributed by atoms with E-state index in [9.17, 15) is 4.79 Å². The van der Waals surface area contributed by atoms with Crippen LogP contribution in [0.1, 0.15) is 23.0 Å². The quantitative estimate of drug-likeness (QED) is 0.924. The minimum atomic E-state index is -0.317. The Morgan fingerprint density at radius 1 is 1.35 bits per heavy atom. The third-order valence-electron chi connectivity index (χ3n) is 4.28. The Hall–Kier alpha value is -2.18. The number of aryl methyl sites for hydroxylation is 1. The van der Waals surface area contributed by atoms with Gasteiger partial charge in [-0.25, -0.2) is 4.68 Å². The molecule has 1 saturated heterocycles. The molecule has 3 rings (SSSR count). The molecular weight excluding hydrogens is 292 g/mol. The molecule has 2 heterocycles. The lowest BCUT2D eigenvalue weighted by molar-refractivity contribution is -0.121. The summed E-state index contributed by atoms with van der Waals surface area (Å²) in [6.07, 6.45) is 0. The monoisotopic (exact) mass is 314 g/mol. The highest BCUT2D eigenvalue weighted by Gasteiger charge is 2.30. The third kappa shape index (κ3) is 3.13. The van der Waals surface area contributed by atoms with E-state index in [1.165, 1.54) is 0 Å². The maximum atomic E-state index is 11.4. The summed E-state index contributed by atoms with van der Waals surface area (Å²) in [5.41, 5.74) is 9.56. The van der Waals surface area contributed by atoms with Gasteiger partial charge >= 0.3 is 0 Å². The Balaban J connectivity index is 1.99. The molecule has 1 aliphatic rings. The Morgan fingerprint density at radius 2 is 2.09 bits per heavy atom. The second-order valence-electron chi connectivity index (χ2n) is 5.86. The van der Waals surface area contributed by atoms with Crippen molar-refractivity contribution in [2.75, 3.05) is 26.3 Å². The van der Waals surface area contributed by atoms with Crippen molar-refractivity contribution in [2.24, 2.45) is 5.73 Å². The summed E-state index contributed by atoms with van der Waals surface area (Å²) >= 11 is 0. The smallest absolute Gasteiger partial charge is 0.231 e. The lowest BCUT2D eigenvalue weighted by Gasteiger charge is -2.35. The fraction of sp³-hybridized carbons (Fsp3) is 0.412. The SMILES string of the molecule is Cc1nn(-c2ccccc2)c(C)c1[C@H]1COCCN1CC(N)=O. The second kappa shape index (κ2) is 6.52. The molecule has 23 heavy (non-hydrogen) atoms. The largest absolute Gasteiger partial charge is 0.378 e. The number of nitrogens with zero attached hydrogens (tertiary/aromatic N) is 3. The van der Waals surface area contributed by atoms with E-state index in [4.69, 9.17) is 10.5 Å². The van der Waals surface area contributed by atoms with Gasteiger partial charge in [0.15, 0.2) is 0 Å². The first kappa shape index (κ1) is 15.7. The first-order valence-electron chi connectivity index (χ1n) is 7.79.